The average molecular weight is 358 g/mol. The monoisotopic (exact) mass is 358 g/mol. The molecule has 4 rings (SSSR count). The highest BCUT2D eigenvalue weighted by Crippen LogP contribution is 2.23. The van der Waals surface area contributed by atoms with E-state index in [1.807, 2.05) is 18.2 Å². The van der Waals surface area contributed by atoms with Crippen molar-refractivity contribution in [1.82, 2.24) is 20.2 Å². The van der Waals surface area contributed by atoms with E-state index in [0.29, 0.717) is 11.6 Å². The van der Waals surface area contributed by atoms with E-state index in [1.165, 1.54) is 11.1 Å². The summed E-state index contributed by atoms with van der Waals surface area (Å²) < 4.78 is 0. The van der Waals surface area contributed by atoms with E-state index < -0.39 is 0 Å². The number of hydrogen-bond acceptors (Lipinski definition) is 5. The smallest absolute Gasteiger partial charge is 0.265 e. The van der Waals surface area contributed by atoms with Gasteiger partial charge in [0.15, 0.2) is 5.65 Å². The van der Waals surface area contributed by atoms with Crippen molar-refractivity contribution in [2.75, 3.05) is 5.43 Å². The van der Waals surface area contributed by atoms with Gasteiger partial charge >= 0.3 is 0 Å². The van der Waals surface area contributed by atoms with Crippen LogP contribution < -0.4 is 5.43 Å². The van der Waals surface area contributed by atoms with E-state index in [9.17, 15) is 0 Å². The van der Waals surface area contributed by atoms with Crippen LogP contribution >= 0.6 is 0 Å². The quantitative estimate of drug-likeness (QED) is 0.416. The Balaban J connectivity index is 1.53. The molecule has 2 aromatic heterocycles. The predicted molar refractivity (Wildman–Crippen MR) is 110 cm³/mol. The molecular formula is C21H22N6. The fourth-order valence-corrected chi connectivity index (χ4v) is 2.97. The van der Waals surface area contributed by atoms with E-state index in [-0.39, 0.29) is 5.41 Å². The molecule has 0 amide bonds. The number of H-pyrrole nitrogens is 1. The van der Waals surface area contributed by atoms with E-state index in [4.69, 9.17) is 0 Å². The van der Waals surface area contributed by atoms with E-state index in [2.05, 4.69) is 82.7 Å². The van der Waals surface area contributed by atoms with Crippen LogP contribution in [0.5, 0.6) is 0 Å². The van der Waals surface area contributed by atoms with Crippen molar-refractivity contribution in [3.63, 3.8) is 0 Å². The molecule has 0 radical (unpaired) electrons. The van der Waals surface area contributed by atoms with Crippen LogP contribution in [-0.2, 0) is 5.41 Å². The minimum Gasteiger partial charge on any atom is -0.338 e. The summed E-state index contributed by atoms with van der Waals surface area (Å²) in [6.07, 6.45) is 1.74. The first-order chi connectivity index (χ1) is 12.9. The first-order valence-electron chi connectivity index (χ1n) is 8.92. The molecule has 0 unspecified atom stereocenters. The van der Waals surface area contributed by atoms with Crippen molar-refractivity contribution in [2.45, 2.75) is 33.1 Å². The molecule has 0 fully saturated rings. The van der Waals surface area contributed by atoms with Gasteiger partial charge in [0, 0.05) is 10.9 Å². The Bertz CT molecular complexity index is 1130. The molecular weight excluding hydrogens is 336 g/mol. The summed E-state index contributed by atoms with van der Waals surface area (Å²) in [7, 11) is 0. The Kier molecular flexibility index (Phi) is 4.11. The number of anilines is 1. The maximum atomic E-state index is 4.47. The van der Waals surface area contributed by atoms with Gasteiger partial charge in [-0.25, -0.2) is 5.43 Å². The molecule has 2 N–H and O–H groups in total. The van der Waals surface area contributed by atoms with Crippen molar-refractivity contribution in [3.8, 4) is 0 Å². The molecule has 0 aliphatic carbocycles. The van der Waals surface area contributed by atoms with Crippen LogP contribution in [0.2, 0.25) is 0 Å². The lowest BCUT2D eigenvalue weighted by Crippen LogP contribution is -2.10. The van der Waals surface area contributed by atoms with Gasteiger partial charge in [0.25, 0.3) is 5.95 Å². The number of hydrogen-bond donors (Lipinski definition) is 2. The summed E-state index contributed by atoms with van der Waals surface area (Å²) in [6, 6.07) is 14.5. The fraction of sp³-hybridized carbons (Fsp3) is 0.238. The van der Waals surface area contributed by atoms with Crippen molar-refractivity contribution < 1.29 is 0 Å². The van der Waals surface area contributed by atoms with E-state index in [0.717, 1.165) is 22.0 Å². The number of fused-ring (bicyclic) bond motifs is 3. The standard InChI is InChI=1S/C21H22N6/c1-13-5-10-17-16(11-13)18-19(23-17)24-20(27-25-18)26-22-12-14-6-8-15(9-7-14)21(2,3)4/h5-12H,1-4H3,(H2,23,24,26,27)/b22-12+. The van der Waals surface area contributed by atoms with Crippen LogP contribution in [0, 0.1) is 6.92 Å². The topological polar surface area (TPSA) is 78.9 Å². The summed E-state index contributed by atoms with van der Waals surface area (Å²) in [6.45, 7) is 8.65. The summed E-state index contributed by atoms with van der Waals surface area (Å²) >= 11 is 0. The molecule has 6 heteroatoms. The van der Waals surface area contributed by atoms with Crippen LogP contribution in [-0.4, -0.2) is 26.4 Å². The van der Waals surface area contributed by atoms with Crippen LogP contribution in [0.4, 0.5) is 5.95 Å². The van der Waals surface area contributed by atoms with Gasteiger partial charge in [0.05, 0.1) is 6.21 Å². The van der Waals surface area contributed by atoms with Gasteiger partial charge in [-0.05, 0) is 35.6 Å². The lowest BCUT2D eigenvalue weighted by molar-refractivity contribution is 0.590. The SMILES string of the molecule is Cc1ccc2[nH]c3nc(N/N=C/c4ccc(C(C)(C)C)cc4)nnc3c2c1. The zero-order valence-corrected chi connectivity index (χ0v) is 15.9. The van der Waals surface area contributed by atoms with Crippen molar-refractivity contribution in [3.05, 3.63) is 59.2 Å². The molecule has 0 atom stereocenters. The number of aromatic amines is 1. The van der Waals surface area contributed by atoms with Crippen molar-refractivity contribution in [2.24, 2.45) is 5.10 Å². The highest BCUT2D eigenvalue weighted by molar-refractivity contribution is 6.03. The number of aromatic nitrogens is 4. The van der Waals surface area contributed by atoms with Crippen molar-refractivity contribution in [1.29, 1.82) is 0 Å². The third-order valence-electron chi connectivity index (χ3n) is 4.52. The fourth-order valence-electron chi connectivity index (χ4n) is 2.97. The number of benzene rings is 2. The Labute approximate surface area is 157 Å². The Morgan fingerprint density at radius 1 is 1.04 bits per heavy atom. The minimum atomic E-state index is 0.140. The molecule has 6 nitrogen and oxygen atoms in total. The van der Waals surface area contributed by atoms with Crippen LogP contribution in [0.1, 0.15) is 37.5 Å². The molecule has 0 aliphatic rings. The predicted octanol–water partition coefficient (Wildman–Crippen LogP) is 4.56. The second-order valence-corrected chi connectivity index (χ2v) is 7.75. The van der Waals surface area contributed by atoms with Gasteiger partial charge in [-0.15, -0.1) is 10.2 Å². The van der Waals surface area contributed by atoms with E-state index >= 15 is 0 Å². The third-order valence-corrected chi connectivity index (χ3v) is 4.52. The van der Waals surface area contributed by atoms with Gasteiger partial charge in [-0.2, -0.15) is 10.1 Å². The second kappa shape index (κ2) is 6.46. The van der Waals surface area contributed by atoms with Crippen LogP contribution in [0.25, 0.3) is 22.1 Å². The molecule has 2 aromatic carbocycles. The summed E-state index contributed by atoms with van der Waals surface area (Å²) in [5, 5.41) is 13.7. The Morgan fingerprint density at radius 2 is 1.81 bits per heavy atom. The average Bonchev–Trinajstić information content (AvgIpc) is 2.98. The van der Waals surface area contributed by atoms with Crippen LogP contribution in [0.15, 0.2) is 47.6 Å². The molecule has 27 heavy (non-hydrogen) atoms. The second-order valence-electron chi connectivity index (χ2n) is 7.75. The summed E-state index contributed by atoms with van der Waals surface area (Å²) in [4.78, 5) is 7.73. The zero-order chi connectivity index (χ0) is 19.0. The molecule has 136 valence electrons. The normalized spacial score (nSPS) is 12.3. The van der Waals surface area contributed by atoms with Gasteiger partial charge in [-0.3, -0.25) is 0 Å². The third kappa shape index (κ3) is 3.51. The Morgan fingerprint density at radius 3 is 2.56 bits per heavy atom. The number of nitrogens with zero attached hydrogens (tertiary/aromatic N) is 4. The molecule has 0 spiro atoms. The first kappa shape index (κ1) is 17.1. The molecule has 0 bridgehead atoms. The lowest BCUT2D eigenvalue weighted by Gasteiger charge is -2.18. The first-order valence-corrected chi connectivity index (χ1v) is 8.92. The molecule has 0 saturated heterocycles. The largest absolute Gasteiger partial charge is 0.338 e. The molecule has 0 aliphatic heterocycles. The van der Waals surface area contributed by atoms with Crippen molar-refractivity contribution >= 4 is 34.2 Å². The number of nitrogens with one attached hydrogen (secondary N) is 2. The van der Waals surface area contributed by atoms with Gasteiger partial charge in [0.1, 0.15) is 5.52 Å². The zero-order valence-electron chi connectivity index (χ0n) is 15.9. The number of rotatable bonds is 3. The Hall–Kier alpha value is -3.28. The van der Waals surface area contributed by atoms with Gasteiger partial charge in [0.2, 0.25) is 0 Å². The number of aryl methyl sites for hydroxylation is 1. The summed E-state index contributed by atoms with van der Waals surface area (Å²) in [5.41, 5.74) is 8.92. The van der Waals surface area contributed by atoms with Gasteiger partial charge in [-0.1, -0.05) is 56.7 Å². The summed E-state index contributed by atoms with van der Waals surface area (Å²) in [5.74, 6) is 0.355. The minimum absolute atomic E-state index is 0.140. The highest BCUT2D eigenvalue weighted by atomic mass is 15.4. The molecule has 0 saturated carbocycles. The van der Waals surface area contributed by atoms with E-state index in [1.54, 1.807) is 6.21 Å². The maximum absolute atomic E-state index is 4.47. The van der Waals surface area contributed by atoms with Crippen LogP contribution in [0.3, 0.4) is 0 Å². The lowest BCUT2D eigenvalue weighted by atomic mass is 9.87. The number of hydrazone groups is 1. The van der Waals surface area contributed by atoms with Gasteiger partial charge < -0.3 is 4.98 Å². The highest BCUT2D eigenvalue weighted by Gasteiger charge is 2.12. The maximum Gasteiger partial charge on any atom is 0.265 e. The molecule has 2 heterocycles. The molecule has 4 aromatic rings.